The van der Waals surface area contributed by atoms with Gasteiger partial charge in [0, 0.05) is 18.0 Å². The molecule has 3 rings (SSSR count). The maximum atomic E-state index is 14.4. The highest BCUT2D eigenvalue weighted by Gasteiger charge is 2.53. The molecule has 0 aliphatic carbocycles. The summed E-state index contributed by atoms with van der Waals surface area (Å²) in [5.41, 5.74) is 0.544. The van der Waals surface area contributed by atoms with Crippen LogP contribution in [0.5, 0.6) is 0 Å². The van der Waals surface area contributed by atoms with Crippen LogP contribution in [0.25, 0.3) is 17.3 Å². The normalized spacial score (nSPS) is 20.0. The summed E-state index contributed by atoms with van der Waals surface area (Å²) in [7, 11) is -1.01. The fourth-order valence-electron chi connectivity index (χ4n) is 2.25. The average molecular weight is 315 g/mol. The van der Waals surface area contributed by atoms with Gasteiger partial charge in [0.2, 0.25) is 0 Å². The zero-order chi connectivity index (χ0) is 16.7. The first-order chi connectivity index (χ1) is 10.8. The Kier molecular flexibility index (Phi) is 3.86. The molecule has 0 atom stereocenters. The number of hydrogen-bond acceptors (Lipinski definition) is 4. The number of rotatable bonds is 3. The molecule has 1 N–H and O–H groups in total. The van der Waals surface area contributed by atoms with Gasteiger partial charge in [0.1, 0.15) is 5.73 Å². The van der Waals surface area contributed by atoms with E-state index < -0.39 is 24.0 Å². The Balaban J connectivity index is 1.79. The summed E-state index contributed by atoms with van der Waals surface area (Å²) in [6.07, 6.45) is 4.72. The molecule has 0 saturated carbocycles. The van der Waals surface area contributed by atoms with Gasteiger partial charge in [-0.05, 0) is 52.0 Å². The summed E-state index contributed by atoms with van der Waals surface area (Å²) in [6.45, 7) is 7.55. The summed E-state index contributed by atoms with van der Waals surface area (Å²) in [6, 6.07) is 5.45. The van der Waals surface area contributed by atoms with Crippen molar-refractivity contribution in [2.24, 2.45) is 0 Å². The number of aromatic amines is 1. The van der Waals surface area contributed by atoms with Gasteiger partial charge in [-0.2, -0.15) is 5.10 Å². The molecular formula is C16H19BFN3O2. The highest BCUT2D eigenvalue weighted by atomic mass is 19.1. The average Bonchev–Trinajstić information content (AvgIpc) is 3.03. The quantitative estimate of drug-likeness (QED) is 0.882. The van der Waals surface area contributed by atoms with Gasteiger partial charge in [0.05, 0.1) is 22.6 Å². The van der Waals surface area contributed by atoms with Gasteiger partial charge in [-0.1, -0.05) is 0 Å². The Morgan fingerprint density at radius 3 is 2.39 bits per heavy atom. The van der Waals surface area contributed by atoms with Gasteiger partial charge in [-0.15, -0.1) is 0 Å². The van der Waals surface area contributed by atoms with Crippen LogP contribution in [0.15, 0.2) is 36.3 Å². The monoisotopic (exact) mass is 315 g/mol. The molecule has 1 aliphatic rings. The van der Waals surface area contributed by atoms with Crippen molar-refractivity contribution >= 4 is 13.2 Å². The van der Waals surface area contributed by atoms with Gasteiger partial charge >= 0.3 is 7.12 Å². The van der Waals surface area contributed by atoms with Crippen molar-refractivity contribution in [1.82, 2.24) is 15.2 Å². The van der Waals surface area contributed by atoms with Crippen molar-refractivity contribution < 1.29 is 13.7 Å². The minimum Gasteiger partial charge on any atom is -0.398 e. The number of nitrogens with zero attached hydrogens (tertiary/aromatic N) is 2. The lowest BCUT2D eigenvalue weighted by Gasteiger charge is -2.32. The molecule has 23 heavy (non-hydrogen) atoms. The van der Waals surface area contributed by atoms with E-state index in [-0.39, 0.29) is 0 Å². The highest BCUT2D eigenvalue weighted by Crippen LogP contribution is 2.39. The van der Waals surface area contributed by atoms with Crippen LogP contribution in [0.3, 0.4) is 0 Å². The first kappa shape index (κ1) is 15.9. The van der Waals surface area contributed by atoms with Crippen LogP contribution >= 0.6 is 0 Å². The summed E-state index contributed by atoms with van der Waals surface area (Å²) < 4.78 is 25.8. The molecule has 0 unspecified atom stereocenters. The zero-order valence-corrected chi connectivity index (χ0v) is 13.6. The van der Waals surface area contributed by atoms with E-state index in [0.717, 1.165) is 11.3 Å². The lowest BCUT2D eigenvalue weighted by Crippen LogP contribution is -2.41. The number of nitrogens with one attached hydrogen (secondary N) is 1. The highest BCUT2D eigenvalue weighted by molar-refractivity contribution is 6.54. The minimum atomic E-state index is -1.01. The van der Waals surface area contributed by atoms with E-state index in [1.165, 1.54) is 6.08 Å². The minimum absolute atomic E-state index is 0.492. The maximum absolute atomic E-state index is 14.4. The molecule has 0 bridgehead atoms. The van der Waals surface area contributed by atoms with Crippen molar-refractivity contribution in [3.8, 4) is 11.3 Å². The largest absolute Gasteiger partial charge is 0.525 e. The van der Waals surface area contributed by atoms with Crippen molar-refractivity contribution in [3.05, 3.63) is 42.0 Å². The van der Waals surface area contributed by atoms with Crippen LogP contribution in [0, 0.1) is 0 Å². The van der Waals surface area contributed by atoms with Crippen molar-refractivity contribution in [2.45, 2.75) is 38.9 Å². The number of hydrogen-bond donors (Lipinski definition) is 1. The van der Waals surface area contributed by atoms with E-state index >= 15 is 0 Å². The van der Waals surface area contributed by atoms with Crippen molar-refractivity contribution in [1.29, 1.82) is 0 Å². The Morgan fingerprint density at radius 2 is 1.78 bits per heavy atom. The molecule has 1 fully saturated rings. The summed E-state index contributed by atoms with van der Waals surface area (Å²) in [4.78, 5) is 3.96. The Bertz CT molecular complexity index is 712. The number of aromatic nitrogens is 3. The summed E-state index contributed by atoms with van der Waals surface area (Å²) in [5.74, 6) is 0. The third-order valence-corrected chi connectivity index (χ3v) is 4.35. The van der Waals surface area contributed by atoms with E-state index in [1.807, 2.05) is 39.8 Å². The fourth-order valence-corrected chi connectivity index (χ4v) is 2.25. The smallest absolute Gasteiger partial charge is 0.398 e. The Morgan fingerprint density at radius 1 is 1.17 bits per heavy atom. The van der Waals surface area contributed by atoms with Crippen LogP contribution in [-0.4, -0.2) is 33.5 Å². The molecule has 2 aromatic rings. The van der Waals surface area contributed by atoms with Gasteiger partial charge in [-0.3, -0.25) is 10.1 Å². The third-order valence-electron chi connectivity index (χ3n) is 4.35. The Hall–Kier alpha value is -1.99. The van der Waals surface area contributed by atoms with Crippen LogP contribution in [0.2, 0.25) is 0 Å². The van der Waals surface area contributed by atoms with E-state index in [9.17, 15) is 4.39 Å². The second-order valence-corrected chi connectivity index (χ2v) is 6.56. The second-order valence-electron chi connectivity index (χ2n) is 6.56. The molecule has 120 valence electrons. The topological polar surface area (TPSA) is 60.0 Å². The number of halogens is 1. The first-order valence-electron chi connectivity index (χ1n) is 7.47. The molecule has 1 saturated heterocycles. The standard InChI is InChI=1S/C16H19BFN3O2/c1-15(2)16(3,4)23-17(22-15)14(18)10-12-9-13(21-20-12)11-5-7-19-8-6-11/h5-10H,1-4H3,(H,20,21). The predicted molar refractivity (Wildman–Crippen MR) is 87.0 cm³/mol. The third kappa shape index (κ3) is 3.07. The SMILES string of the molecule is CC1(C)OB(C(F)=Cc2cc(-c3ccncc3)n[nH]2)OC1(C)C. The lowest BCUT2D eigenvalue weighted by atomic mass is 9.87. The summed E-state index contributed by atoms with van der Waals surface area (Å²) >= 11 is 0. The molecule has 1 aliphatic heterocycles. The summed E-state index contributed by atoms with van der Waals surface area (Å²) in [5, 5.41) is 6.98. The number of pyridine rings is 1. The molecule has 0 amide bonds. The molecular weight excluding hydrogens is 296 g/mol. The molecule has 0 aromatic carbocycles. The molecule has 5 nitrogen and oxygen atoms in total. The van der Waals surface area contributed by atoms with Crippen LogP contribution in [0.4, 0.5) is 4.39 Å². The van der Waals surface area contributed by atoms with Crippen LogP contribution in [-0.2, 0) is 9.31 Å². The molecule has 0 radical (unpaired) electrons. The van der Waals surface area contributed by atoms with E-state index in [1.54, 1.807) is 18.5 Å². The first-order valence-corrected chi connectivity index (χ1v) is 7.47. The molecule has 7 heteroatoms. The van der Waals surface area contributed by atoms with Crippen molar-refractivity contribution in [3.63, 3.8) is 0 Å². The van der Waals surface area contributed by atoms with Crippen molar-refractivity contribution in [2.75, 3.05) is 0 Å². The van der Waals surface area contributed by atoms with Gasteiger partial charge in [0.25, 0.3) is 0 Å². The maximum Gasteiger partial charge on any atom is 0.525 e. The van der Waals surface area contributed by atoms with Gasteiger partial charge in [-0.25, -0.2) is 4.39 Å². The van der Waals surface area contributed by atoms with E-state index in [2.05, 4.69) is 15.2 Å². The van der Waals surface area contributed by atoms with Crippen LogP contribution in [0.1, 0.15) is 33.4 Å². The van der Waals surface area contributed by atoms with E-state index in [4.69, 9.17) is 9.31 Å². The lowest BCUT2D eigenvalue weighted by molar-refractivity contribution is 0.00578. The number of H-pyrrole nitrogens is 1. The van der Waals surface area contributed by atoms with Crippen LogP contribution < -0.4 is 0 Å². The molecule has 2 aromatic heterocycles. The molecule has 3 heterocycles. The second kappa shape index (κ2) is 5.58. The van der Waals surface area contributed by atoms with Gasteiger partial charge in [0.15, 0.2) is 0 Å². The Labute approximate surface area is 135 Å². The van der Waals surface area contributed by atoms with Gasteiger partial charge < -0.3 is 9.31 Å². The van der Waals surface area contributed by atoms with E-state index in [0.29, 0.717) is 5.69 Å². The predicted octanol–water partition coefficient (Wildman–Crippen LogP) is 3.41. The fraction of sp³-hybridized carbons (Fsp3) is 0.375. The molecule has 0 spiro atoms. The zero-order valence-electron chi connectivity index (χ0n) is 13.6.